The van der Waals surface area contributed by atoms with Gasteiger partial charge in [-0.25, -0.2) is 4.98 Å². The van der Waals surface area contributed by atoms with Crippen molar-refractivity contribution >= 4 is 23.2 Å². The van der Waals surface area contributed by atoms with E-state index < -0.39 is 11.7 Å². The smallest absolute Gasteiger partial charge is 0.362 e. The van der Waals surface area contributed by atoms with Gasteiger partial charge in [-0.05, 0) is 26.0 Å². The largest absolute Gasteiger partial charge is 0.417 e. The molecule has 27 heavy (non-hydrogen) atoms. The summed E-state index contributed by atoms with van der Waals surface area (Å²) in [6, 6.07) is 2.75. The van der Waals surface area contributed by atoms with Crippen molar-refractivity contribution in [2.75, 3.05) is 37.6 Å². The van der Waals surface area contributed by atoms with Crippen LogP contribution in [0.3, 0.4) is 0 Å². The molecule has 1 aliphatic rings. The topological polar surface area (TPSA) is 52.2 Å². The van der Waals surface area contributed by atoms with Gasteiger partial charge in [-0.3, -0.25) is 9.69 Å². The van der Waals surface area contributed by atoms with Crippen LogP contribution in [0.15, 0.2) is 18.3 Å². The number of H-pyrrole nitrogens is 1. The van der Waals surface area contributed by atoms with E-state index in [1.165, 1.54) is 0 Å². The lowest BCUT2D eigenvalue weighted by Crippen LogP contribution is -2.48. The first-order valence-corrected chi connectivity index (χ1v) is 8.92. The molecule has 0 bridgehead atoms. The number of pyridine rings is 1. The summed E-state index contributed by atoms with van der Waals surface area (Å²) >= 11 is 6.01. The minimum atomic E-state index is -4.47. The van der Waals surface area contributed by atoms with Gasteiger partial charge in [0.05, 0.1) is 17.1 Å². The number of ketones is 1. The van der Waals surface area contributed by atoms with Crippen molar-refractivity contribution in [3.63, 3.8) is 0 Å². The fourth-order valence-corrected chi connectivity index (χ4v) is 3.52. The number of aromatic amines is 1. The quantitative estimate of drug-likeness (QED) is 0.795. The number of hydrogen-bond donors (Lipinski definition) is 1. The lowest BCUT2D eigenvalue weighted by atomic mass is 10.1. The molecule has 0 unspecified atom stereocenters. The van der Waals surface area contributed by atoms with E-state index in [2.05, 4.69) is 9.97 Å². The van der Waals surface area contributed by atoms with Crippen LogP contribution in [0.4, 0.5) is 19.0 Å². The Kier molecular flexibility index (Phi) is 5.48. The molecule has 5 nitrogen and oxygen atoms in total. The molecular formula is C18H20ClF3N4O. The van der Waals surface area contributed by atoms with Crippen molar-refractivity contribution in [1.82, 2.24) is 14.9 Å². The number of hydrogen-bond acceptors (Lipinski definition) is 4. The van der Waals surface area contributed by atoms with Crippen LogP contribution in [0, 0.1) is 13.8 Å². The Labute approximate surface area is 160 Å². The summed E-state index contributed by atoms with van der Waals surface area (Å²) in [5, 5.41) is -0.0206. The maximum Gasteiger partial charge on any atom is 0.417 e. The minimum Gasteiger partial charge on any atom is -0.362 e. The molecule has 0 amide bonds. The van der Waals surface area contributed by atoms with E-state index in [9.17, 15) is 18.0 Å². The van der Waals surface area contributed by atoms with Crippen LogP contribution in [0.2, 0.25) is 5.02 Å². The second kappa shape index (κ2) is 7.52. The zero-order chi connectivity index (χ0) is 19.8. The molecule has 3 heterocycles. The monoisotopic (exact) mass is 400 g/mol. The fourth-order valence-electron chi connectivity index (χ4n) is 3.24. The van der Waals surface area contributed by atoms with Crippen molar-refractivity contribution in [2.45, 2.75) is 20.0 Å². The van der Waals surface area contributed by atoms with Gasteiger partial charge < -0.3 is 9.88 Å². The summed E-state index contributed by atoms with van der Waals surface area (Å²) in [5.41, 5.74) is 1.64. The molecule has 1 aliphatic heterocycles. The van der Waals surface area contributed by atoms with Crippen molar-refractivity contribution in [1.29, 1.82) is 0 Å². The van der Waals surface area contributed by atoms with Crippen molar-refractivity contribution in [3.05, 3.63) is 45.9 Å². The Morgan fingerprint density at radius 3 is 2.41 bits per heavy atom. The normalized spacial score (nSPS) is 16.0. The van der Waals surface area contributed by atoms with Gasteiger partial charge in [0.15, 0.2) is 5.78 Å². The molecule has 146 valence electrons. The molecule has 0 aromatic carbocycles. The van der Waals surface area contributed by atoms with Crippen molar-refractivity contribution in [2.24, 2.45) is 0 Å². The first-order chi connectivity index (χ1) is 12.6. The molecule has 0 aliphatic carbocycles. The van der Waals surface area contributed by atoms with Crippen LogP contribution in [-0.4, -0.2) is 53.4 Å². The highest BCUT2D eigenvalue weighted by atomic mass is 35.5. The van der Waals surface area contributed by atoms with Crippen LogP contribution < -0.4 is 4.90 Å². The van der Waals surface area contributed by atoms with Gasteiger partial charge in [-0.2, -0.15) is 13.2 Å². The average Bonchev–Trinajstić information content (AvgIpc) is 2.93. The van der Waals surface area contributed by atoms with E-state index in [0.717, 1.165) is 23.7 Å². The number of carbonyl (C=O) groups excluding carboxylic acids is 1. The van der Waals surface area contributed by atoms with Crippen LogP contribution in [0.5, 0.6) is 0 Å². The number of halogens is 4. The maximum absolute atomic E-state index is 12.7. The lowest BCUT2D eigenvalue weighted by Gasteiger charge is -2.35. The van der Waals surface area contributed by atoms with E-state index in [4.69, 9.17) is 11.6 Å². The van der Waals surface area contributed by atoms with E-state index in [1.54, 1.807) is 0 Å². The molecule has 0 spiro atoms. The van der Waals surface area contributed by atoms with Gasteiger partial charge in [0.25, 0.3) is 0 Å². The molecule has 3 rings (SSSR count). The first-order valence-electron chi connectivity index (χ1n) is 8.54. The second-order valence-corrected chi connectivity index (χ2v) is 7.11. The summed E-state index contributed by atoms with van der Waals surface area (Å²) in [6.07, 6.45) is -3.67. The number of alkyl halides is 3. The third-order valence-corrected chi connectivity index (χ3v) is 4.92. The number of nitrogens with zero attached hydrogens (tertiary/aromatic N) is 3. The zero-order valence-electron chi connectivity index (χ0n) is 15.0. The molecule has 0 radical (unpaired) electrons. The van der Waals surface area contributed by atoms with Gasteiger partial charge >= 0.3 is 6.18 Å². The van der Waals surface area contributed by atoms with Gasteiger partial charge in [-0.1, -0.05) is 11.6 Å². The predicted molar refractivity (Wildman–Crippen MR) is 97.5 cm³/mol. The third-order valence-electron chi connectivity index (χ3n) is 4.64. The number of aromatic nitrogens is 2. The van der Waals surface area contributed by atoms with Crippen molar-refractivity contribution < 1.29 is 18.0 Å². The summed E-state index contributed by atoms with van der Waals surface area (Å²) in [5.74, 6) is 0.392. The number of nitrogens with one attached hydrogen (secondary N) is 1. The number of carbonyl (C=O) groups is 1. The molecule has 2 aromatic rings. The average molecular weight is 401 g/mol. The van der Waals surface area contributed by atoms with Gasteiger partial charge in [0.2, 0.25) is 0 Å². The molecule has 1 saturated heterocycles. The Bertz CT molecular complexity index is 842. The maximum atomic E-state index is 12.7. The Balaban J connectivity index is 1.60. The molecule has 1 fully saturated rings. The molecule has 1 N–H and O–H groups in total. The predicted octanol–water partition coefficient (Wildman–Crippen LogP) is 3.70. The van der Waals surface area contributed by atoms with Gasteiger partial charge in [0, 0.05) is 49.3 Å². The third kappa shape index (κ3) is 4.44. The van der Waals surface area contributed by atoms with E-state index in [-0.39, 0.29) is 10.8 Å². The van der Waals surface area contributed by atoms with Crippen LogP contribution >= 0.6 is 11.6 Å². The Morgan fingerprint density at radius 2 is 1.89 bits per heavy atom. The summed E-state index contributed by atoms with van der Waals surface area (Å²) in [6.45, 7) is 6.37. The Morgan fingerprint density at radius 1 is 1.22 bits per heavy atom. The standard InChI is InChI=1S/C18H20ClF3N4O/c1-11-7-14(12(2)24-11)16(27)10-25-3-5-26(6-4-25)17-15(19)8-13(9-23-17)18(20,21)22/h7-9,24H,3-6,10H2,1-2H3. The Hall–Kier alpha value is -2.06. The molecule has 2 aromatic heterocycles. The molecule has 9 heteroatoms. The highest BCUT2D eigenvalue weighted by molar-refractivity contribution is 6.33. The summed E-state index contributed by atoms with van der Waals surface area (Å²) in [7, 11) is 0. The highest BCUT2D eigenvalue weighted by Gasteiger charge is 2.32. The lowest BCUT2D eigenvalue weighted by molar-refractivity contribution is -0.137. The van der Waals surface area contributed by atoms with E-state index in [1.807, 2.05) is 29.7 Å². The number of piperazine rings is 1. The van der Waals surface area contributed by atoms with Crippen LogP contribution in [0.1, 0.15) is 27.3 Å². The number of rotatable bonds is 4. The second-order valence-electron chi connectivity index (χ2n) is 6.70. The zero-order valence-corrected chi connectivity index (χ0v) is 15.8. The highest BCUT2D eigenvalue weighted by Crippen LogP contribution is 2.33. The molecular weight excluding hydrogens is 381 g/mol. The SMILES string of the molecule is Cc1cc(C(=O)CN2CCN(c3ncc(C(F)(F)F)cc3Cl)CC2)c(C)[nH]1. The molecule has 0 atom stereocenters. The summed E-state index contributed by atoms with van der Waals surface area (Å²) in [4.78, 5) is 23.4. The van der Waals surface area contributed by atoms with Crippen molar-refractivity contribution in [3.8, 4) is 0 Å². The molecule has 0 saturated carbocycles. The van der Waals surface area contributed by atoms with E-state index in [0.29, 0.717) is 44.1 Å². The first kappa shape index (κ1) is 19.7. The fraction of sp³-hybridized carbons (Fsp3) is 0.444. The van der Waals surface area contributed by atoms with Gasteiger partial charge in [-0.15, -0.1) is 0 Å². The number of Topliss-reactive ketones (excluding diaryl/α,β-unsaturated/α-hetero) is 1. The summed E-state index contributed by atoms with van der Waals surface area (Å²) < 4.78 is 38.2. The number of anilines is 1. The van der Waals surface area contributed by atoms with E-state index >= 15 is 0 Å². The number of aryl methyl sites for hydroxylation is 2. The minimum absolute atomic E-state index is 0.0206. The van der Waals surface area contributed by atoms with Gasteiger partial charge in [0.1, 0.15) is 5.82 Å². The van der Waals surface area contributed by atoms with Crippen LogP contribution in [-0.2, 0) is 6.18 Å². The van der Waals surface area contributed by atoms with Crippen LogP contribution in [0.25, 0.3) is 0 Å².